The molecule has 0 radical (unpaired) electrons. The summed E-state index contributed by atoms with van der Waals surface area (Å²) in [6, 6.07) is 17.7. The molecule has 3 nitrogen and oxygen atoms in total. The Kier molecular flexibility index (Phi) is 6.01. The quantitative estimate of drug-likeness (QED) is 0.758. The fourth-order valence-electron chi connectivity index (χ4n) is 2.11. The number of carbonyl (C=O) groups is 1. The zero-order valence-electron chi connectivity index (χ0n) is 13.2. The molecule has 0 fully saturated rings. The molecule has 0 bridgehead atoms. The van der Waals surface area contributed by atoms with Gasteiger partial charge in [-0.2, -0.15) is 0 Å². The van der Waals surface area contributed by atoms with Gasteiger partial charge in [-0.15, -0.1) is 0 Å². The van der Waals surface area contributed by atoms with E-state index < -0.39 is 0 Å². The van der Waals surface area contributed by atoms with Crippen molar-refractivity contribution in [2.45, 2.75) is 32.6 Å². The van der Waals surface area contributed by atoms with E-state index >= 15 is 0 Å². The Morgan fingerprint density at radius 2 is 1.73 bits per heavy atom. The van der Waals surface area contributed by atoms with Gasteiger partial charge in [0.25, 0.3) is 0 Å². The molecular weight excluding hydrogens is 274 g/mol. The van der Waals surface area contributed by atoms with Gasteiger partial charge in [0.05, 0.1) is 6.61 Å². The van der Waals surface area contributed by atoms with Crippen molar-refractivity contribution in [1.82, 2.24) is 0 Å². The highest BCUT2D eigenvalue weighted by Crippen LogP contribution is 2.17. The van der Waals surface area contributed by atoms with E-state index in [1.54, 1.807) is 0 Å². The van der Waals surface area contributed by atoms with E-state index in [-0.39, 0.29) is 5.91 Å². The standard InChI is InChI=1S/C19H23NO2/c1-15(2)16-10-12-17(13-11-16)20-19(21)9-6-14-22-18-7-4-3-5-8-18/h3-5,7-8,10-13,15H,6,9,14H2,1-2H3,(H,20,21). The van der Waals surface area contributed by atoms with E-state index in [2.05, 4.69) is 31.3 Å². The Morgan fingerprint density at radius 3 is 2.36 bits per heavy atom. The summed E-state index contributed by atoms with van der Waals surface area (Å²) in [6.07, 6.45) is 1.16. The van der Waals surface area contributed by atoms with Crippen LogP contribution in [0.4, 0.5) is 5.69 Å². The van der Waals surface area contributed by atoms with Gasteiger partial charge in [0.2, 0.25) is 5.91 Å². The second-order valence-corrected chi connectivity index (χ2v) is 5.59. The van der Waals surface area contributed by atoms with Crippen LogP contribution >= 0.6 is 0 Å². The second-order valence-electron chi connectivity index (χ2n) is 5.59. The lowest BCUT2D eigenvalue weighted by molar-refractivity contribution is -0.116. The fraction of sp³-hybridized carbons (Fsp3) is 0.316. The van der Waals surface area contributed by atoms with Gasteiger partial charge in [0, 0.05) is 12.1 Å². The largest absolute Gasteiger partial charge is 0.494 e. The lowest BCUT2D eigenvalue weighted by atomic mass is 10.0. The molecule has 2 rings (SSSR count). The van der Waals surface area contributed by atoms with Crippen LogP contribution in [0, 0.1) is 0 Å². The lowest BCUT2D eigenvalue weighted by Gasteiger charge is -2.09. The van der Waals surface area contributed by atoms with Crippen molar-refractivity contribution in [3.63, 3.8) is 0 Å². The first kappa shape index (κ1) is 16.1. The highest BCUT2D eigenvalue weighted by molar-refractivity contribution is 5.90. The molecule has 0 unspecified atom stereocenters. The maximum absolute atomic E-state index is 11.9. The normalized spacial score (nSPS) is 10.5. The Bertz CT molecular complexity index is 576. The van der Waals surface area contributed by atoms with Gasteiger partial charge in [-0.05, 0) is 42.2 Å². The summed E-state index contributed by atoms with van der Waals surface area (Å²) in [4.78, 5) is 11.9. The monoisotopic (exact) mass is 297 g/mol. The molecule has 3 heteroatoms. The van der Waals surface area contributed by atoms with Crippen LogP contribution in [-0.4, -0.2) is 12.5 Å². The first-order valence-corrected chi connectivity index (χ1v) is 7.73. The third kappa shape index (κ3) is 5.24. The van der Waals surface area contributed by atoms with Crippen LogP contribution in [0.2, 0.25) is 0 Å². The molecule has 0 aliphatic heterocycles. The number of benzene rings is 2. The van der Waals surface area contributed by atoms with Crippen LogP contribution in [0.5, 0.6) is 5.75 Å². The minimum absolute atomic E-state index is 0.0222. The molecule has 0 aromatic heterocycles. The molecule has 0 aliphatic rings. The van der Waals surface area contributed by atoms with Crippen LogP contribution in [0.1, 0.15) is 38.2 Å². The van der Waals surface area contributed by atoms with Crippen molar-refractivity contribution in [3.05, 3.63) is 60.2 Å². The van der Waals surface area contributed by atoms with Crippen LogP contribution in [0.25, 0.3) is 0 Å². The van der Waals surface area contributed by atoms with Crippen molar-refractivity contribution in [2.75, 3.05) is 11.9 Å². The van der Waals surface area contributed by atoms with Crippen LogP contribution < -0.4 is 10.1 Å². The van der Waals surface area contributed by atoms with Crippen LogP contribution in [-0.2, 0) is 4.79 Å². The smallest absolute Gasteiger partial charge is 0.224 e. The Morgan fingerprint density at radius 1 is 1.05 bits per heavy atom. The van der Waals surface area contributed by atoms with Crippen molar-refractivity contribution in [2.24, 2.45) is 0 Å². The third-order valence-corrected chi connectivity index (χ3v) is 3.42. The molecule has 0 saturated carbocycles. The van der Waals surface area contributed by atoms with Crippen molar-refractivity contribution in [1.29, 1.82) is 0 Å². The maximum Gasteiger partial charge on any atom is 0.224 e. The molecule has 22 heavy (non-hydrogen) atoms. The maximum atomic E-state index is 11.9. The number of nitrogens with one attached hydrogen (secondary N) is 1. The summed E-state index contributed by atoms with van der Waals surface area (Å²) in [5, 5.41) is 2.91. The Labute approximate surface area is 132 Å². The van der Waals surface area contributed by atoms with Gasteiger partial charge in [-0.1, -0.05) is 44.2 Å². The van der Waals surface area contributed by atoms with E-state index in [1.807, 2.05) is 42.5 Å². The number of rotatable bonds is 7. The molecule has 0 spiro atoms. The van der Waals surface area contributed by atoms with E-state index in [9.17, 15) is 4.79 Å². The fourth-order valence-corrected chi connectivity index (χ4v) is 2.11. The number of para-hydroxylation sites is 1. The van der Waals surface area contributed by atoms with Gasteiger partial charge >= 0.3 is 0 Å². The third-order valence-electron chi connectivity index (χ3n) is 3.42. The van der Waals surface area contributed by atoms with Gasteiger partial charge in [-0.25, -0.2) is 0 Å². The zero-order valence-corrected chi connectivity index (χ0v) is 13.2. The predicted octanol–water partition coefficient (Wildman–Crippen LogP) is 4.61. The van der Waals surface area contributed by atoms with Crippen molar-refractivity contribution < 1.29 is 9.53 Å². The van der Waals surface area contributed by atoms with E-state index in [4.69, 9.17) is 4.74 Å². The number of ether oxygens (including phenoxy) is 1. The van der Waals surface area contributed by atoms with E-state index in [1.165, 1.54) is 5.56 Å². The highest BCUT2D eigenvalue weighted by Gasteiger charge is 2.04. The number of amides is 1. The second kappa shape index (κ2) is 8.23. The molecule has 1 N–H and O–H groups in total. The van der Waals surface area contributed by atoms with Crippen molar-refractivity contribution >= 4 is 11.6 Å². The molecule has 116 valence electrons. The molecule has 1 amide bonds. The van der Waals surface area contributed by atoms with Crippen LogP contribution in [0.3, 0.4) is 0 Å². The van der Waals surface area contributed by atoms with E-state index in [0.29, 0.717) is 25.4 Å². The van der Waals surface area contributed by atoms with Crippen molar-refractivity contribution in [3.8, 4) is 5.75 Å². The number of hydrogen-bond donors (Lipinski definition) is 1. The van der Waals surface area contributed by atoms with Gasteiger partial charge in [0.1, 0.15) is 5.75 Å². The summed E-state index contributed by atoms with van der Waals surface area (Å²) in [5.74, 6) is 1.36. The Balaban J connectivity index is 1.69. The van der Waals surface area contributed by atoms with Gasteiger partial charge in [0.15, 0.2) is 0 Å². The van der Waals surface area contributed by atoms with Crippen LogP contribution in [0.15, 0.2) is 54.6 Å². The highest BCUT2D eigenvalue weighted by atomic mass is 16.5. The number of anilines is 1. The number of hydrogen-bond acceptors (Lipinski definition) is 2. The van der Waals surface area contributed by atoms with Gasteiger partial charge in [-0.3, -0.25) is 4.79 Å². The molecule has 0 aliphatic carbocycles. The molecule has 0 atom stereocenters. The summed E-state index contributed by atoms with van der Waals surface area (Å²) >= 11 is 0. The average molecular weight is 297 g/mol. The molecular formula is C19H23NO2. The Hall–Kier alpha value is -2.29. The summed E-state index contributed by atoms with van der Waals surface area (Å²) in [7, 11) is 0. The van der Waals surface area contributed by atoms with Gasteiger partial charge < -0.3 is 10.1 Å². The lowest BCUT2D eigenvalue weighted by Crippen LogP contribution is -2.12. The molecule has 0 heterocycles. The first-order chi connectivity index (χ1) is 10.6. The minimum Gasteiger partial charge on any atom is -0.494 e. The summed E-state index contributed by atoms with van der Waals surface area (Å²) < 4.78 is 5.57. The SMILES string of the molecule is CC(C)c1ccc(NC(=O)CCCOc2ccccc2)cc1. The minimum atomic E-state index is 0.0222. The molecule has 2 aromatic carbocycles. The number of carbonyl (C=O) groups excluding carboxylic acids is 1. The predicted molar refractivity (Wildman–Crippen MR) is 90.3 cm³/mol. The summed E-state index contributed by atoms with van der Waals surface area (Å²) in [6.45, 7) is 4.85. The molecule has 2 aromatic rings. The molecule has 0 saturated heterocycles. The topological polar surface area (TPSA) is 38.3 Å². The first-order valence-electron chi connectivity index (χ1n) is 7.73. The van der Waals surface area contributed by atoms with E-state index in [0.717, 1.165) is 11.4 Å². The average Bonchev–Trinajstić information content (AvgIpc) is 2.53. The zero-order chi connectivity index (χ0) is 15.8. The summed E-state index contributed by atoms with van der Waals surface area (Å²) in [5.41, 5.74) is 2.12.